The summed E-state index contributed by atoms with van der Waals surface area (Å²) in [6, 6.07) is 9.03. The van der Waals surface area contributed by atoms with Crippen molar-refractivity contribution < 1.29 is 43.0 Å². The molecule has 17 nitrogen and oxygen atoms in total. The third kappa shape index (κ3) is 10.2. The summed E-state index contributed by atoms with van der Waals surface area (Å²) in [6.45, 7) is 1.23. The van der Waals surface area contributed by atoms with Gasteiger partial charge in [-0.2, -0.15) is 0 Å². The lowest BCUT2D eigenvalue weighted by Crippen LogP contribution is -2.54. The van der Waals surface area contributed by atoms with E-state index in [0.717, 1.165) is 65.5 Å². The molecular formula is C44H51N7O10. The molecule has 2 aliphatic heterocycles. The van der Waals surface area contributed by atoms with E-state index in [1.165, 1.54) is 22.8 Å². The lowest BCUT2D eigenvalue weighted by Gasteiger charge is -2.27. The lowest BCUT2D eigenvalue weighted by atomic mass is 9.99. The molecule has 0 aliphatic carbocycles. The Balaban J connectivity index is 0.857. The molecular weight excluding hydrogens is 787 g/mol. The van der Waals surface area contributed by atoms with Crippen LogP contribution in [0.5, 0.6) is 17.2 Å². The number of imide groups is 2. The molecule has 0 spiro atoms. The van der Waals surface area contributed by atoms with Crippen molar-refractivity contribution in [1.82, 2.24) is 35.3 Å². The number of rotatable bonds is 20. The van der Waals surface area contributed by atoms with E-state index in [-0.39, 0.29) is 60.2 Å². The maximum absolute atomic E-state index is 13.2. The van der Waals surface area contributed by atoms with E-state index in [1.807, 2.05) is 30.1 Å². The highest BCUT2D eigenvalue weighted by molar-refractivity contribution is 6.24. The van der Waals surface area contributed by atoms with Crippen LogP contribution in [0, 0.1) is 0 Å². The summed E-state index contributed by atoms with van der Waals surface area (Å²) < 4.78 is 18.7. The lowest BCUT2D eigenvalue weighted by molar-refractivity contribution is -0.136. The van der Waals surface area contributed by atoms with E-state index in [2.05, 4.69) is 20.9 Å². The fourth-order valence-electron chi connectivity index (χ4n) is 7.68. The Bertz CT molecular complexity index is 2370. The normalized spacial score (nSPS) is 14.9. The van der Waals surface area contributed by atoms with Gasteiger partial charge in [0.15, 0.2) is 6.61 Å². The summed E-state index contributed by atoms with van der Waals surface area (Å²) in [5.74, 6) is -1.71. The van der Waals surface area contributed by atoms with Gasteiger partial charge in [-0.15, -0.1) is 0 Å². The number of unbranched alkanes of at least 4 members (excludes halogenated alkanes) is 5. The van der Waals surface area contributed by atoms with Crippen LogP contribution < -0.4 is 35.7 Å². The van der Waals surface area contributed by atoms with E-state index in [9.17, 15) is 33.6 Å². The summed E-state index contributed by atoms with van der Waals surface area (Å²) in [4.78, 5) is 95.0. The highest BCUT2D eigenvalue weighted by Crippen LogP contribution is 2.38. The molecule has 2 aliphatic rings. The molecule has 0 radical (unpaired) electrons. The molecule has 6 amide bonds. The number of nitrogens with zero attached hydrogens (tertiary/aromatic N) is 4. The zero-order valence-electron chi connectivity index (χ0n) is 34.8. The number of ether oxygens (including phenoxy) is 3. The Morgan fingerprint density at radius 3 is 2.20 bits per heavy atom. The van der Waals surface area contributed by atoms with E-state index in [0.29, 0.717) is 36.5 Å². The van der Waals surface area contributed by atoms with Gasteiger partial charge in [0.05, 0.1) is 42.8 Å². The smallest absolute Gasteiger partial charge is 0.266 e. The summed E-state index contributed by atoms with van der Waals surface area (Å²) in [5, 5.41) is 9.26. The molecule has 6 rings (SSSR count). The molecule has 1 atom stereocenters. The quantitative estimate of drug-likeness (QED) is 0.0868. The molecule has 2 aromatic heterocycles. The number of aromatic nitrogens is 2. The van der Waals surface area contributed by atoms with Crippen LogP contribution in [-0.4, -0.2) is 108 Å². The van der Waals surface area contributed by atoms with Gasteiger partial charge in [0.1, 0.15) is 23.3 Å². The van der Waals surface area contributed by atoms with Crippen molar-refractivity contribution in [2.75, 3.05) is 47.5 Å². The number of nitrogens with one attached hydrogen (secondary N) is 3. The van der Waals surface area contributed by atoms with Crippen molar-refractivity contribution in [1.29, 1.82) is 0 Å². The van der Waals surface area contributed by atoms with Gasteiger partial charge in [0.25, 0.3) is 23.3 Å². The molecule has 1 unspecified atom stereocenters. The molecule has 2 aromatic carbocycles. The number of fused-ring (bicyclic) bond motifs is 2. The zero-order chi connectivity index (χ0) is 43.6. The van der Waals surface area contributed by atoms with Gasteiger partial charge in [0, 0.05) is 57.3 Å². The second kappa shape index (κ2) is 20.1. The maximum atomic E-state index is 13.2. The highest BCUT2D eigenvalue weighted by Gasteiger charge is 2.46. The number of hydrogen-bond donors (Lipinski definition) is 3. The second-order valence-electron chi connectivity index (χ2n) is 15.1. The van der Waals surface area contributed by atoms with Crippen LogP contribution >= 0.6 is 0 Å². The third-order valence-corrected chi connectivity index (χ3v) is 10.8. The van der Waals surface area contributed by atoms with Crippen molar-refractivity contribution in [2.45, 2.75) is 64.0 Å². The number of carbonyl (C=O) groups is 6. The van der Waals surface area contributed by atoms with Gasteiger partial charge in [-0.3, -0.25) is 53.7 Å². The van der Waals surface area contributed by atoms with E-state index >= 15 is 0 Å². The molecule has 1 saturated heterocycles. The molecule has 4 aromatic rings. The Morgan fingerprint density at radius 1 is 0.852 bits per heavy atom. The summed E-state index contributed by atoms with van der Waals surface area (Å²) in [6.07, 6.45) is 10.5. The van der Waals surface area contributed by atoms with Gasteiger partial charge in [0.2, 0.25) is 17.7 Å². The molecule has 322 valence electrons. The second-order valence-corrected chi connectivity index (χ2v) is 15.1. The first-order valence-corrected chi connectivity index (χ1v) is 20.3. The van der Waals surface area contributed by atoms with Gasteiger partial charge < -0.3 is 29.4 Å². The minimum absolute atomic E-state index is 0.00887. The van der Waals surface area contributed by atoms with E-state index in [4.69, 9.17) is 14.2 Å². The molecule has 61 heavy (non-hydrogen) atoms. The molecule has 17 heteroatoms. The first-order valence-electron chi connectivity index (χ1n) is 20.3. The fourth-order valence-corrected chi connectivity index (χ4v) is 7.68. The Hall–Kier alpha value is -6.62. The van der Waals surface area contributed by atoms with Crippen LogP contribution in [0.25, 0.3) is 21.9 Å². The van der Waals surface area contributed by atoms with E-state index in [1.54, 1.807) is 39.9 Å². The van der Waals surface area contributed by atoms with Crippen LogP contribution in [0.3, 0.4) is 0 Å². The summed E-state index contributed by atoms with van der Waals surface area (Å²) >= 11 is 0. The summed E-state index contributed by atoms with van der Waals surface area (Å²) in [5.41, 5.74) is 2.38. The average molecular weight is 838 g/mol. The van der Waals surface area contributed by atoms with E-state index < -0.39 is 29.7 Å². The van der Waals surface area contributed by atoms with Gasteiger partial charge in [-0.05, 0) is 67.6 Å². The number of carbonyl (C=O) groups excluding carboxylic acids is 6. The number of benzene rings is 2. The number of amides is 6. The van der Waals surface area contributed by atoms with Crippen LogP contribution in [0.4, 0.5) is 0 Å². The topological polar surface area (TPSA) is 208 Å². The molecule has 4 heterocycles. The number of aryl methyl sites for hydroxylation is 1. The van der Waals surface area contributed by atoms with Crippen molar-refractivity contribution in [3.05, 3.63) is 82.0 Å². The Morgan fingerprint density at radius 2 is 1.52 bits per heavy atom. The number of likely N-dealkylation sites (N-methyl/N-ethyl adjacent to an activating group) is 1. The van der Waals surface area contributed by atoms with Crippen LogP contribution in [-0.2, 0) is 32.8 Å². The number of hydrogen-bond acceptors (Lipinski definition) is 12. The third-order valence-electron chi connectivity index (χ3n) is 10.8. The first kappa shape index (κ1) is 43.9. The van der Waals surface area contributed by atoms with Crippen LogP contribution in [0.1, 0.15) is 77.6 Å². The minimum Gasteiger partial charge on any atom is -0.496 e. The van der Waals surface area contributed by atoms with Crippen molar-refractivity contribution in [3.63, 3.8) is 0 Å². The van der Waals surface area contributed by atoms with Crippen molar-refractivity contribution >= 4 is 46.2 Å². The average Bonchev–Trinajstić information content (AvgIpc) is 3.50. The monoisotopic (exact) mass is 837 g/mol. The van der Waals surface area contributed by atoms with Gasteiger partial charge in [-0.1, -0.05) is 31.7 Å². The minimum atomic E-state index is -1.10. The molecule has 0 bridgehead atoms. The molecule has 1 fully saturated rings. The fraction of sp³-hybridized carbons (Fsp3) is 0.409. The summed E-state index contributed by atoms with van der Waals surface area (Å²) in [7, 11) is 6.74. The highest BCUT2D eigenvalue weighted by atomic mass is 16.5. The van der Waals surface area contributed by atoms with Gasteiger partial charge >= 0.3 is 0 Å². The zero-order valence-corrected chi connectivity index (χ0v) is 34.8. The molecule has 0 saturated carbocycles. The predicted octanol–water partition coefficient (Wildman–Crippen LogP) is 3.10. The standard InChI is InChI=1S/C44H51N7O10/c1-49(23-32-35(59-3)20-27(21-36(32)60-4)31-24-50(2)42(56)30-22-45-19-16-28(30)31)25-38(53)46-17-9-7-5-6-8-10-18-47-39(54)26-61-34-13-11-12-29-40(34)44(58)51(43(29)57)33-14-15-37(52)48-41(33)55/h11-13,16,19-22,24,33H,5-10,14-15,17-18,23,25-26H2,1-4H3,(H,46,53)(H,47,54)(H,48,52,55). The van der Waals surface area contributed by atoms with Crippen molar-refractivity contribution in [3.8, 4) is 28.4 Å². The number of pyridine rings is 2. The van der Waals surface area contributed by atoms with Crippen LogP contribution in [0.2, 0.25) is 0 Å². The SMILES string of the molecule is COc1cc(-c2cn(C)c(=O)c3cnccc23)cc(OC)c1CN(C)CC(=O)NCCCCCCCCNC(=O)COc1cccc2c1C(=O)N(C1CCC(=O)NC1=O)C2=O. The number of methoxy groups -OCH3 is 2. The van der Waals surface area contributed by atoms with Crippen LogP contribution in [0.15, 0.2) is 59.8 Å². The first-order chi connectivity index (χ1) is 29.4. The predicted molar refractivity (Wildman–Crippen MR) is 224 cm³/mol. The Kier molecular flexibility index (Phi) is 14.5. The number of piperidine rings is 1. The molecule has 3 N–H and O–H groups in total. The van der Waals surface area contributed by atoms with Gasteiger partial charge in [-0.25, -0.2) is 0 Å². The van der Waals surface area contributed by atoms with Crippen molar-refractivity contribution in [2.24, 2.45) is 7.05 Å². The Labute approximate surface area is 352 Å². The maximum Gasteiger partial charge on any atom is 0.266 e. The largest absolute Gasteiger partial charge is 0.496 e.